The summed E-state index contributed by atoms with van der Waals surface area (Å²) in [4.78, 5) is 10.6. The fourth-order valence-electron chi connectivity index (χ4n) is 2.11. The van der Waals surface area contributed by atoms with Crippen molar-refractivity contribution in [1.29, 1.82) is 0 Å². The summed E-state index contributed by atoms with van der Waals surface area (Å²) in [6.45, 7) is 3.71. The van der Waals surface area contributed by atoms with Crippen molar-refractivity contribution < 1.29 is 32.7 Å². The lowest BCUT2D eigenvalue weighted by Gasteiger charge is -2.08. The summed E-state index contributed by atoms with van der Waals surface area (Å²) in [6.07, 6.45) is 8.25. The Morgan fingerprint density at radius 1 is 1.04 bits per heavy atom. The molecule has 152 valence electrons. The van der Waals surface area contributed by atoms with Crippen molar-refractivity contribution in [3.05, 3.63) is 0 Å². The number of aliphatic hydroxyl groups is 1. The van der Waals surface area contributed by atoms with Gasteiger partial charge in [-0.25, -0.2) is 0 Å². The topological polar surface area (TPSA) is 147 Å². The summed E-state index contributed by atoms with van der Waals surface area (Å²) in [6, 6.07) is 0. The number of unbranched alkanes of at least 4 members (excludes halogenated alkanes) is 7. The fourth-order valence-corrected chi connectivity index (χ4v) is 2.83. The SMILES string of the molecule is CCCCCCCCCCC(C(=O)O)S(=O)(=O)O.NCCOCCO. The van der Waals surface area contributed by atoms with Crippen molar-refractivity contribution in [3.63, 3.8) is 0 Å². The molecule has 0 rings (SSSR count). The molecule has 0 radical (unpaired) electrons. The number of ether oxygens (including phenoxy) is 1. The highest BCUT2D eigenvalue weighted by molar-refractivity contribution is 7.87. The first-order valence-corrected chi connectivity index (χ1v) is 10.4. The van der Waals surface area contributed by atoms with Gasteiger partial charge < -0.3 is 20.7 Å². The molecule has 9 heteroatoms. The minimum absolute atomic E-state index is 0.0108. The van der Waals surface area contributed by atoms with Crippen LogP contribution in [0.3, 0.4) is 0 Å². The van der Waals surface area contributed by atoms with Gasteiger partial charge in [0.2, 0.25) is 0 Å². The first-order valence-electron chi connectivity index (χ1n) is 8.89. The summed E-state index contributed by atoms with van der Waals surface area (Å²) < 4.78 is 35.1. The maximum atomic E-state index is 10.8. The lowest BCUT2D eigenvalue weighted by Crippen LogP contribution is -2.29. The number of nitrogens with two attached hydrogens (primary N) is 1. The molecule has 0 bridgehead atoms. The molecule has 0 heterocycles. The van der Waals surface area contributed by atoms with Gasteiger partial charge in [0.1, 0.15) is 0 Å². The Morgan fingerprint density at radius 3 is 1.96 bits per heavy atom. The summed E-state index contributed by atoms with van der Waals surface area (Å²) in [5.74, 6) is -1.47. The van der Waals surface area contributed by atoms with E-state index in [1.165, 1.54) is 25.7 Å². The number of carboxylic acid groups (broad SMARTS) is 1. The third kappa shape index (κ3) is 19.4. The minimum Gasteiger partial charge on any atom is -0.480 e. The average Bonchev–Trinajstić information content (AvgIpc) is 2.53. The number of rotatable bonds is 15. The van der Waals surface area contributed by atoms with E-state index >= 15 is 0 Å². The van der Waals surface area contributed by atoms with Crippen molar-refractivity contribution >= 4 is 16.1 Å². The maximum Gasteiger partial charge on any atom is 0.324 e. The molecule has 0 aromatic heterocycles. The number of carbonyl (C=O) groups is 1. The first kappa shape index (κ1) is 26.5. The molecule has 1 unspecified atom stereocenters. The molecule has 0 aliphatic heterocycles. The third-order valence-corrected chi connectivity index (χ3v) is 4.61. The van der Waals surface area contributed by atoms with Crippen molar-refractivity contribution in [2.75, 3.05) is 26.4 Å². The average molecular weight is 386 g/mol. The molecule has 0 amide bonds. The minimum atomic E-state index is -4.47. The zero-order valence-electron chi connectivity index (χ0n) is 15.2. The Labute approximate surface area is 151 Å². The van der Waals surface area contributed by atoms with Crippen LogP contribution in [0.25, 0.3) is 0 Å². The van der Waals surface area contributed by atoms with E-state index < -0.39 is 21.3 Å². The van der Waals surface area contributed by atoms with Gasteiger partial charge in [0, 0.05) is 6.54 Å². The van der Waals surface area contributed by atoms with Gasteiger partial charge in [-0.15, -0.1) is 0 Å². The second-order valence-electron chi connectivity index (χ2n) is 5.73. The van der Waals surface area contributed by atoms with Gasteiger partial charge in [-0.1, -0.05) is 58.3 Å². The van der Waals surface area contributed by atoms with Crippen LogP contribution in [0, 0.1) is 0 Å². The summed E-state index contributed by atoms with van der Waals surface area (Å²) in [5, 5.41) is 15.1. The van der Waals surface area contributed by atoms with E-state index in [1.807, 2.05) is 0 Å². The Hall–Kier alpha value is -0.740. The number of aliphatic hydroxyl groups excluding tert-OH is 1. The van der Waals surface area contributed by atoms with Gasteiger partial charge in [-0.2, -0.15) is 8.42 Å². The van der Waals surface area contributed by atoms with Gasteiger partial charge in [0.15, 0.2) is 5.25 Å². The highest BCUT2D eigenvalue weighted by Gasteiger charge is 2.29. The molecular formula is C16H35NO7S. The highest BCUT2D eigenvalue weighted by Crippen LogP contribution is 2.13. The zero-order chi connectivity index (χ0) is 19.6. The summed E-state index contributed by atoms with van der Waals surface area (Å²) >= 11 is 0. The Morgan fingerprint density at radius 2 is 1.56 bits per heavy atom. The van der Waals surface area contributed by atoms with Gasteiger partial charge in [-0.05, 0) is 6.42 Å². The standard InChI is InChI=1S/C12H24O5S.C4H11NO2/c1-2-3-4-5-6-7-8-9-10-11(12(13)14)18(15,16)17;5-1-3-7-4-2-6/h11H,2-10H2,1H3,(H,13,14)(H,15,16,17);6H,1-5H2. The van der Waals surface area contributed by atoms with E-state index in [0.29, 0.717) is 26.2 Å². The highest BCUT2D eigenvalue weighted by atomic mass is 32.2. The first-order chi connectivity index (χ1) is 11.8. The van der Waals surface area contributed by atoms with E-state index in [9.17, 15) is 13.2 Å². The van der Waals surface area contributed by atoms with Crippen molar-refractivity contribution in [2.24, 2.45) is 5.73 Å². The Kier molecular flexibility index (Phi) is 19.1. The number of aliphatic carboxylic acids is 1. The molecule has 25 heavy (non-hydrogen) atoms. The van der Waals surface area contributed by atoms with Crippen LogP contribution in [-0.4, -0.2) is 60.8 Å². The van der Waals surface area contributed by atoms with Crippen LogP contribution in [0.2, 0.25) is 0 Å². The molecule has 0 aliphatic rings. The van der Waals surface area contributed by atoms with E-state index in [1.54, 1.807) is 0 Å². The molecule has 0 aromatic carbocycles. The smallest absolute Gasteiger partial charge is 0.324 e. The van der Waals surface area contributed by atoms with Crippen LogP contribution < -0.4 is 5.73 Å². The molecule has 0 saturated heterocycles. The van der Waals surface area contributed by atoms with Crippen LogP contribution >= 0.6 is 0 Å². The lowest BCUT2D eigenvalue weighted by atomic mass is 10.1. The molecule has 1 atom stereocenters. The quantitative estimate of drug-likeness (QED) is 0.246. The predicted molar refractivity (Wildman–Crippen MR) is 97.2 cm³/mol. The predicted octanol–water partition coefficient (Wildman–Crippen LogP) is 1.81. The van der Waals surface area contributed by atoms with Crippen molar-refractivity contribution in [2.45, 2.75) is 70.0 Å². The van der Waals surface area contributed by atoms with E-state index in [4.69, 9.17) is 25.2 Å². The Balaban J connectivity index is 0. The number of carboxylic acids is 1. The normalized spacial score (nSPS) is 12.3. The van der Waals surface area contributed by atoms with E-state index in [0.717, 1.165) is 19.3 Å². The van der Waals surface area contributed by atoms with Gasteiger partial charge in [0.05, 0.1) is 19.8 Å². The van der Waals surface area contributed by atoms with Crippen LogP contribution in [0.4, 0.5) is 0 Å². The van der Waals surface area contributed by atoms with E-state index in [-0.39, 0.29) is 13.0 Å². The van der Waals surface area contributed by atoms with Gasteiger partial charge >= 0.3 is 5.97 Å². The maximum absolute atomic E-state index is 10.8. The third-order valence-electron chi connectivity index (χ3n) is 3.45. The van der Waals surface area contributed by atoms with Crippen LogP contribution in [0.5, 0.6) is 0 Å². The van der Waals surface area contributed by atoms with Gasteiger partial charge in [-0.3, -0.25) is 9.35 Å². The Bertz CT molecular complexity index is 397. The van der Waals surface area contributed by atoms with Crippen LogP contribution in [-0.2, 0) is 19.6 Å². The lowest BCUT2D eigenvalue weighted by molar-refractivity contribution is -0.136. The monoisotopic (exact) mass is 385 g/mol. The zero-order valence-corrected chi connectivity index (χ0v) is 16.0. The van der Waals surface area contributed by atoms with Crippen molar-refractivity contribution in [1.82, 2.24) is 0 Å². The number of hydrogen-bond acceptors (Lipinski definition) is 6. The molecule has 0 fully saturated rings. The van der Waals surface area contributed by atoms with Gasteiger partial charge in [0.25, 0.3) is 10.1 Å². The molecular weight excluding hydrogens is 350 g/mol. The largest absolute Gasteiger partial charge is 0.480 e. The molecule has 0 aromatic rings. The molecule has 0 aliphatic carbocycles. The molecule has 8 nitrogen and oxygen atoms in total. The van der Waals surface area contributed by atoms with Crippen LogP contribution in [0.15, 0.2) is 0 Å². The summed E-state index contributed by atoms with van der Waals surface area (Å²) in [7, 11) is -4.47. The van der Waals surface area contributed by atoms with Crippen LogP contribution in [0.1, 0.15) is 64.7 Å². The number of hydrogen-bond donors (Lipinski definition) is 4. The second kappa shape index (κ2) is 18.1. The second-order valence-corrected chi connectivity index (χ2v) is 7.33. The molecule has 0 spiro atoms. The fraction of sp³-hybridized carbons (Fsp3) is 0.938. The molecule has 0 saturated carbocycles. The van der Waals surface area contributed by atoms with Crippen molar-refractivity contribution in [3.8, 4) is 0 Å². The summed E-state index contributed by atoms with van der Waals surface area (Å²) in [5.41, 5.74) is 5.06. The van der Waals surface area contributed by atoms with E-state index in [2.05, 4.69) is 6.92 Å². The molecule has 5 N–H and O–H groups in total.